The second kappa shape index (κ2) is 7.64. The number of aliphatic carboxylic acids is 1. The van der Waals surface area contributed by atoms with Crippen LogP contribution in [0.2, 0.25) is 0 Å². The molecule has 21 heavy (non-hydrogen) atoms. The predicted octanol–water partition coefficient (Wildman–Crippen LogP) is 1.32. The van der Waals surface area contributed by atoms with E-state index in [1.54, 1.807) is 4.90 Å². The number of rotatable bonds is 6. The highest BCUT2D eigenvalue weighted by molar-refractivity contribution is 5.77. The van der Waals surface area contributed by atoms with Gasteiger partial charge < -0.3 is 20.2 Å². The van der Waals surface area contributed by atoms with Gasteiger partial charge in [-0.1, -0.05) is 20.8 Å². The first-order valence-electron chi connectivity index (χ1n) is 7.63. The lowest BCUT2D eigenvalue weighted by Crippen LogP contribution is -2.48. The highest BCUT2D eigenvalue weighted by Gasteiger charge is 2.37. The van der Waals surface area contributed by atoms with Gasteiger partial charge in [0.2, 0.25) is 0 Å². The number of carboxylic acids is 1. The number of hydrogen-bond donors (Lipinski definition) is 2. The lowest BCUT2D eigenvalue weighted by Gasteiger charge is -2.26. The fraction of sp³-hybridized carbons (Fsp3) is 0.867. The number of likely N-dealkylation sites (tertiary alicyclic amines) is 1. The maximum Gasteiger partial charge on any atom is 0.317 e. The molecule has 0 bridgehead atoms. The van der Waals surface area contributed by atoms with Crippen LogP contribution in [-0.4, -0.2) is 66.7 Å². The molecule has 1 aliphatic heterocycles. The van der Waals surface area contributed by atoms with E-state index in [1.807, 2.05) is 21.0 Å². The van der Waals surface area contributed by atoms with Crippen LogP contribution in [0.3, 0.4) is 0 Å². The van der Waals surface area contributed by atoms with E-state index in [2.05, 4.69) is 24.1 Å². The van der Waals surface area contributed by atoms with Gasteiger partial charge in [-0.05, 0) is 32.4 Å². The minimum absolute atomic E-state index is 0.00523. The smallest absolute Gasteiger partial charge is 0.317 e. The number of carboxylic acid groups (broad SMARTS) is 1. The van der Waals surface area contributed by atoms with Crippen molar-refractivity contribution in [3.63, 3.8) is 0 Å². The monoisotopic (exact) mass is 299 g/mol. The number of urea groups is 1. The molecule has 6 heteroatoms. The van der Waals surface area contributed by atoms with E-state index in [-0.39, 0.29) is 18.0 Å². The van der Waals surface area contributed by atoms with Crippen LogP contribution in [0, 0.1) is 17.8 Å². The summed E-state index contributed by atoms with van der Waals surface area (Å²) in [6, 6.07) is -0.0511. The minimum atomic E-state index is -0.815. The van der Waals surface area contributed by atoms with Crippen molar-refractivity contribution >= 4 is 12.0 Å². The minimum Gasteiger partial charge on any atom is -0.481 e. The molecule has 2 N–H and O–H groups in total. The van der Waals surface area contributed by atoms with Gasteiger partial charge in [0.1, 0.15) is 0 Å². The van der Waals surface area contributed by atoms with E-state index >= 15 is 0 Å². The highest BCUT2D eigenvalue weighted by atomic mass is 16.4. The average Bonchev–Trinajstić information content (AvgIpc) is 2.69. The Hall–Kier alpha value is -1.30. The zero-order valence-corrected chi connectivity index (χ0v) is 13.8. The van der Waals surface area contributed by atoms with Crippen molar-refractivity contribution in [1.82, 2.24) is 15.1 Å². The molecule has 0 aromatic rings. The Balaban J connectivity index is 2.59. The Kier molecular flexibility index (Phi) is 6.45. The second-order valence-electron chi connectivity index (χ2n) is 6.87. The topological polar surface area (TPSA) is 72.9 Å². The Morgan fingerprint density at radius 3 is 2.38 bits per heavy atom. The van der Waals surface area contributed by atoms with Crippen LogP contribution in [0.25, 0.3) is 0 Å². The molecule has 0 aliphatic carbocycles. The van der Waals surface area contributed by atoms with Gasteiger partial charge in [0.05, 0.1) is 5.92 Å². The van der Waals surface area contributed by atoms with Crippen LogP contribution in [0.4, 0.5) is 4.79 Å². The first-order chi connectivity index (χ1) is 9.70. The van der Waals surface area contributed by atoms with Crippen molar-refractivity contribution in [3.05, 3.63) is 0 Å². The van der Waals surface area contributed by atoms with Gasteiger partial charge in [-0.25, -0.2) is 4.79 Å². The summed E-state index contributed by atoms with van der Waals surface area (Å²) in [4.78, 5) is 27.2. The van der Waals surface area contributed by atoms with Crippen LogP contribution in [-0.2, 0) is 4.79 Å². The summed E-state index contributed by atoms with van der Waals surface area (Å²) in [6.07, 6.45) is 0.912. The summed E-state index contributed by atoms with van der Waals surface area (Å²) in [6.45, 7) is 7.76. The Morgan fingerprint density at radius 2 is 1.95 bits per heavy atom. The molecule has 1 rings (SSSR count). The van der Waals surface area contributed by atoms with Crippen LogP contribution in [0.15, 0.2) is 0 Å². The van der Waals surface area contributed by atoms with Crippen LogP contribution < -0.4 is 5.32 Å². The van der Waals surface area contributed by atoms with Gasteiger partial charge >= 0.3 is 12.0 Å². The molecule has 0 saturated carbocycles. The van der Waals surface area contributed by atoms with E-state index in [0.717, 1.165) is 13.0 Å². The van der Waals surface area contributed by atoms with Crippen molar-refractivity contribution in [3.8, 4) is 0 Å². The molecular weight excluding hydrogens is 270 g/mol. The van der Waals surface area contributed by atoms with E-state index in [9.17, 15) is 9.59 Å². The molecule has 1 aliphatic rings. The summed E-state index contributed by atoms with van der Waals surface area (Å²) < 4.78 is 0. The normalized spacial score (nSPS) is 23.7. The van der Waals surface area contributed by atoms with Crippen molar-refractivity contribution < 1.29 is 14.7 Å². The Morgan fingerprint density at radius 1 is 1.33 bits per heavy atom. The van der Waals surface area contributed by atoms with Crippen molar-refractivity contribution in [2.45, 2.75) is 33.2 Å². The summed E-state index contributed by atoms with van der Waals surface area (Å²) >= 11 is 0. The summed E-state index contributed by atoms with van der Waals surface area (Å²) in [5.74, 6) is -0.761. The van der Waals surface area contributed by atoms with Gasteiger partial charge in [-0.3, -0.25) is 4.79 Å². The number of likely N-dealkylation sites (N-methyl/N-ethyl adjacent to an activating group) is 1. The fourth-order valence-electron chi connectivity index (χ4n) is 2.91. The number of carbonyl (C=O) groups is 2. The molecule has 2 amide bonds. The molecule has 1 heterocycles. The molecule has 0 radical (unpaired) electrons. The predicted molar refractivity (Wildman–Crippen MR) is 82.2 cm³/mol. The highest BCUT2D eigenvalue weighted by Crippen LogP contribution is 2.23. The van der Waals surface area contributed by atoms with E-state index < -0.39 is 11.9 Å². The average molecular weight is 299 g/mol. The van der Waals surface area contributed by atoms with Crippen LogP contribution >= 0.6 is 0 Å². The summed E-state index contributed by atoms with van der Waals surface area (Å²) in [5.41, 5.74) is 0. The van der Waals surface area contributed by atoms with E-state index in [1.165, 1.54) is 0 Å². The third-order valence-corrected chi connectivity index (χ3v) is 3.89. The van der Waals surface area contributed by atoms with Gasteiger partial charge in [-0.2, -0.15) is 0 Å². The Labute approximate surface area is 127 Å². The fourth-order valence-corrected chi connectivity index (χ4v) is 2.91. The molecule has 6 nitrogen and oxygen atoms in total. The number of hydrogen-bond acceptors (Lipinski definition) is 3. The first-order valence-corrected chi connectivity index (χ1v) is 7.63. The number of nitrogens with zero attached hydrogens (tertiary/aromatic N) is 2. The molecule has 1 saturated heterocycles. The maximum atomic E-state index is 12.3. The third-order valence-electron chi connectivity index (χ3n) is 3.89. The number of carbonyl (C=O) groups excluding carboxylic acids is 1. The lowest BCUT2D eigenvalue weighted by atomic mass is 9.99. The molecule has 3 atom stereocenters. The largest absolute Gasteiger partial charge is 0.481 e. The SMILES string of the molecule is CC(C)CC(CN(C)C)NC(=O)N1C[C@@H](C)[C@H](C(=O)O)C1. The maximum absolute atomic E-state index is 12.3. The van der Waals surface area contributed by atoms with Gasteiger partial charge in [0.25, 0.3) is 0 Å². The van der Waals surface area contributed by atoms with Crippen molar-refractivity contribution in [1.29, 1.82) is 0 Å². The lowest BCUT2D eigenvalue weighted by molar-refractivity contribution is -0.142. The molecule has 0 spiro atoms. The van der Waals surface area contributed by atoms with Gasteiger partial charge in [0, 0.05) is 25.7 Å². The zero-order valence-electron chi connectivity index (χ0n) is 13.8. The van der Waals surface area contributed by atoms with Gasteiger partial charge in [0.15, 0.2) is 0 Å². The summed E-state index contributed by atoms with van der Waals surface area (Å²) in [5, 5.41) is 12.2. The van der Waals surface area contributed by atoms with Crippen LogP contribution in [0.5, 0.6) is 0 Å². The quantitative estimate of drug-likeness (QED) is 0.776. The molecule has 1 unspecified atom stereocenters. The zero-order chi connectivity index (χ0) is 16.2. The molecule has 122 valence electrons. The van der Waals surface area contributed by atoms with E-state index in [0.29, 0.717) is 19.0 Å². The first kappa shape index (κ1) is 17.8. The Bertz CT molecular complexity index is 361. The molecule has 0 aromatic heterocycles. The summed E-state index contributed by atoms with van der Waals surface area (Å²) in [7, 11) is 3.97. The molecule has 1 fully saturated rings. The third kappa shape index (κ3) is 5.53. The van der Waals surface area contributed by atoms with Crippen molar-refractivity contribution in [2.24, 2.45) is 17.8 Å². The second-order valence-corrected chi connectivity index (χ2v) is 6.87. The number of amides is 2. The van der Waals surface area contributed by atoms with E-state index in [4.69, 9.17) is 5.11 Å². The molecule has 0 aromatic carbocycles. The van der Waals surface area contributed by atoms with Gasteiger partial charge in [-0.15, -0.1) is 0 Å². The van der Waals surface area contributed by atoms with Crippen molar-refractivity contribution in [2.75, 3.05) is 33.7 Å². The molecular formula is C15H29N3O3. The number of nitrogens with one attached hydrogen (secondary N) is 1. The standard InChI is InChI=1S/C15H29N3O3/c1-10(2)6-12(8-17(4)5)16-15(21)18-7-11(3)13(9-18)14(19)20/h10-13H,6-9H2,1-5H3,(H,16,21)(H,19,20)/t11-,12?,13-/m1/s1. The van der Waals surface area contributed by atoms with Crippen LogP contribution in [0.1, 0.15) is 27.2 Å².